The molecule has 0 spiro atoms. The van der Waals surface area contributed by atoms with E-state index >= 15 is 0 Å². The molecule has 1 aliphatic heterocycles. The molecule has 1 saturated heterocycles. The van der Waals surface area contributed by atoms with Crippen LogP contribution in [0.2, 0.25) is 0 Å². The van der Waals surface area contributed by atoms with Gasteiger partial charge in [0.1, 0.15) is 0 Å². The van der Waals surface area contributed by atoms with Crippen molar-refractivity contribution in [1.29, 1.82) is 0 Å². The highest BCUT2D eigenvalue weighted by molar-refractivity contribution is 5.81. The number of nitrogens with zero attached hydrogens (tertiary/aromatic N) is 2. The number of alkyl halides is 3. The lowest BCUT2D eigenvalue weighted by atomic mass is 10.1. The number of benzene rings is 1. The van der Waals surface area contributed by atoms with Gasteiger partial charge in [-0.25, -0.2) is 0 Å². The Morgan fingerprint density at radius 2 is 1.97 bits per heavy atom. The fraction of sp³-hybridized carbons (Fsp3) is 0.600. The van der Waals surface area contributed by atoms with Crippen molar-refractivity contribution in [2.45, 2.75) is 51.5 Å². The number of hydrogen-bond donors (Lipinski definition) is 3. The molecule has 0 bridgehead atoms. The standard InChI is InChI=1S/C20H30F3N5O/c1-14(2)26-18(29)8-10-25-19(24-3)27-17-9-11-28(13-17)12-15-4-6-16(7-5-15)20(21,22)23/h4-7,14,17H,8-13H2,1-3H3,(H,26,29)(H2,24,25,27). The van der Waals surface area contributed by atoms with Crippen molar-refractivity contribution < 1.29 is 18.0 Å². The number of rotatable bonds is 7. The Morgan fingerprint density at radius 1 is 1.28 bits per heavy atom. The number of likely N-dealkylation sites (tertiary alicyclic amines) is 1. The molecule has 162 valence electrons. The van der Waals surface area contributed by atoms with Crippen molar-refractivity contribution in [3.8, 4) is 0 Å². The lowest BCUT2D eigenvalue weighted by Crippen LogP contribution is -2.45. The van der Waals surface area contributed by atoms with E-state index in [1.165, 1.54) is 12.1 Å². The highest BCUT2D eigenvalue weighted by atomic mass is 19.4. The van der Waals surface area contributed by atoms with Crippen molar-refractivity contribution in [2.75, 3.05) is 26.7 Å². The Balaban J connectivity index is 1.74. The van der Waals surface area contributed by atoms with Crippen LogP contribution in [0.4, 0.5) is 13.2 Å². The van der Waals surface area contributed by atoms with Gasteiger partial charge in [-0.15, -0.1) is 0 Å². The van der Waals surface area contributed by atoms with Crippen LogP contribution in [0.15, 0.2) is 29.3 Å². The zero-order valence-corrected chi connectivity index (χ0v) is 17.1. The minimum Gasteiger partial charge on any atom is -0.356 e. The van der Waals surface area contributed by atoms with E-state index in [0.29, 0.717) is 25.5 Å². The van der Waals surface area contributed by atoms with Crippen LogP contribution in [-0.2, 0) is 17.5 Å². The Bertz CT molecular complexity index is 688. The zero-order chi connectivity index (χ0) is 21.4. The number of carbonyl (C=O) groups excluding carboxylic acids is 1. The van der Waals surface area contributed by atoms with Gasteiger partial charge in [0.25, 0.3) is 0 Å². The van der Waals surface area contributed by atoms with Gasteiger partial charge in [0.05, 0.1) is 5.56 Å². The Labute approximate surface area is 169 Å². The van der Waals surface area contributed by atoms with Crippen LogP contribution in [0.3, 0.4) is 0 Å². The number of amides is 1. The zero-order valence-electron chi connectivity index (χ0n) is 17.1. The molecule has 1 atom stereocenters. The van der Waals surface area contributed by atoms with Crippen molar-refractivity contribution in [3.05, 3.63) is 35.4 Å². The van der Waals surface area contributed by atoms with Crippen LogP contribution in [0.25, 0.3) is 0 Å². The monoisotopic (exact) mass is 413 g/mol. The smallest absolute Gasteiger partial charge is 0.356 e. The van der Waals surface area contributed by atoms with Gasteiger partial charge in [-0.2, -0.15) is 13.2 Å². The fourth-order valence-corrected chi connectivity index (χ4v) is 3.23. The second-order valence-electron chi connectivity index (χ2n) is 7.53. The number of halogens is 3. The SMILES string of the molecule is CN=C(NCCC(=O)NC(C)C)NC1CCN(Cc2ccc(C(F)(F)F)cc2)C1. The van der Waals surface area contributed by atoms with E-state index in [0.717, 1.165) is 37.2 Å². The van der Waals surface area contributed by atoms with E-state index in [2.05, 4.69) is 25.8 Å². The number of guanidine groups is 1. The van der Waals surface area contributed by atoms with Gasteiger partial charge >= 0.3 is 6.18 Å². The van der Waals surface area contributed by atoms with Gasteiger partial charge < -0.3 is 16.0 Å². The maximum absolute atomic E-state index is 12.7. The Hall–Kier alpha value is -2.29. The van der Waals surface area contributed by atoms with Crippen LogP contribution in [0.1, 0.15) is 37.8 Å². The summed E-state index contributed by atoms with van der Waals surface area (Å²) in [7, 11) is 1.68. The first-order valence-corrected chi connectivity index (χ1v) is 9.82. The van der Waals surface area contributed by atoms with Gasteiger partial charge in [-0.3, -0.25) is 14.7 Å². The molecule has 29 heavy (non-hydrogen) atoms. The summed E-state index contributed by atoms with van der Waals surface area (Å²) < 4.78 is 38.0. The summed E-state index contributed by atoms with van der Waals surface area (Å²) >= 11 is 0. The molecular formula is C20H30F3N5O. The average molecular weight is 413 g/mol. The van der Waals surface area contributed by atoms with E-state index in [-0.39, 0.29) is 18.0 Å². The first-order chi connectivity index (χ1) is 13.7. The van der Waals surface area contributed by atoms with Crippen molar-refractivity contribution in [2.24, 2.45) is 4.99 Å². The summed E-state index contributed by atoms with van der Waals surface area (Å²) in [5.41, 5.74) is 0.233. The molecule has 1 aliphatic rings. The van der Waals surface area contributed by atoms with Crippen LogP contribution in [0.5, 0.6) is 0 Å². The molecule has 2 rings (SSSR count). The molecule has 9 heteroatoms. The van der Waals surface area contributed by atoms with Gasteiger partial charge in [-0.1, -0.05) is 12.1 Å². The number of carbonyl (C=O) groups is 1. The van der Waals surface area contributed by atoms with E-state index in [4.69, 9.17) is 0 Å². The highest BCUT2D eigenvalue weighted by Crippen LogP contribution is 2.29. The summed E-state index contributed by atoms with van der Waals surface area (Å²) in [6, 6.07) is 5.64. The normalized spacial score (nSPS) is 18.2. The summed E-state index contributed by atoms with van der Waals surface area (Å²) in [6.45, 7) is 6.56. The summed E-state index contributed by atoms with van der Waals surface area (Å²) in [5, 5.41) is 9.32. The molecule has 1 amide bonds. The van der Waals surface area contributed by atoms with Crippen LogP contribution < -0.4 is 16.0 Å². The van der Waals surface area contributed by atoms with E-state index in [1.54, 1.807) is 7.05 Å². The van der Waals surface area contributed by atoms with Gasteiger partial charge in [0.2, 0.25) is 5.91 Å². The molecule has 1 fully saturated rings. The maximum atomic E-state index is 12.7. The third-order valence-corrected chi connectivity index (χ3v) is 4.62. The molecule has 0 radical (unpaired) electrons. The van der Waals surface area contributed by atoms with Gasteiger partial charge in [0.15, 0.2) is 5.96 Å². The van der Waals surface area contributed by atoms with E-state index in [1.807, 2.05) is 13.8 Å². The molecule has 3 N–H and O–H groups in total. The fourth-order valence-electron chi connectivity index (χ4n) is 3.23. The topological polar surface area (TPSA) is 68.8 Å². The third-order valence-electron chi connectivity index (χ3n) is 4.62. The second kappa shape index (κ2) is 10.5. The first-order valence-electron chi connectivity index (χ1n) is 9.82. The molecule has 0 saturated carbocycles. The molecule has 1 unspecified atom stereocenters. The van der Waals surface area contributed by atoms with E-state index < -0.39 is 11.7 Å². The number of nitrogens with one attached hydrogen (secondary N) is 3. The molecule has 6 nitrogen and oxygen atoms in total. The predicted octanol–water partition coefficient (Wildman–Crippen LogP) is 2.36. The number of hydrogen-bond acceptors (Lipinski definition) is 3. The molecule has 1 aromatic rings. The first kappa shape index (κ1) is 23.0. The summed E-state index contributed by atoms with van der Waals surface area (Å²) in [5.74, 6) is 0.635. The van der Waals surface area contributed by atoms with Crippen molar-refractivity contribution in [1.82, 2.24) is 20.9 Å². The number of aliphatic imine (C=N–C) groups is 1. The van der Waals surface area contributed by atoms with Gasteiger partial charge in [-0.05, 0) is 38.0 Å². The Kier molecular flexibility index (Phi) is 8.31. The lowest BCUT2D eigenvalue weighted by Gasteiger charge is -2.19. The van der Waals surface area contributed by atoms with Crippen LogP contribution in [0, 0.1) is 0 Å². The molecule has 1 aromatic carbocycles. The molecular weight excluding hydrogens is 383 g/mol. The minimum absolute atomic E-state index is 0.00784. The second-order valence-corrected chi connectivity index (χ2v) is 7.53. The third kappa shape index (κ3) is 7.92. The average Bonchev–Trinajstić information content (AvgIpc) is 3.06. The minimum atomic E-state index is -4.31. The largest absolute Gasteiger partial charge is 0.416 e. The van der Waals surface area contributed by atoms with Crippen molar-refractivity contribution in [3.63, 3.8) is 0 Å². The molecule has 0 aromatic heterocycles. The van der Waals surface area contributed by atoms with Crippen LogP contribution in [-0.4, -0.2) is 55.5 Å². The Morgan fingerprint density at radius 3 is 2.55 bits per heavy atom. The maximum Gasteiger partial charge on any atom is 0.416 e. The van der Waals surface area contributed by atoms with Crippen molar-refractivity contribution >= 4 is 11.9 Å². The predicted molar refractivity (Wildman–Crippen MR) is 108 cm³/mol. The summed E-state index contributed by atoms with van der Waals surface area (Å²) in [4.78, 5) is 18.1. The summed E-state index contributed by atoms with van der Waals surface area (Å²) in [6.07, 6.45) is -3.03. The highest BCUT2D eigenvalue weighted by Gasteiger charge is 2.30. The molecule has 0 aliphatic carbocycles. The van der Waals surface area contributed by atoms with E-state index in [9.17, 15) is 18.0 Å². The molecule has 1 heterocycles. The van der Waals surface area contributed by atoms with Gasteiger partial charge in [0, 0.05) is 51.7 Å². The lowest BCUT2D eigenvalue weighted by molar-refractivity contribution is -0.137. The quantitative estimate of drug-likeness (QED) is 0.474. The van der Waals surface area contributed by atoms with Crippen LogP contribution >= 0.6 is 0 Å².